The Balaban J connectivity index is 1.82. The Morgan fingerprint density at radius 2 is 2.18 bits per heavy atom. The van der Waals surface area contributed by atoms with E-state index in [0.29, 0.717) is 10.00 Å². The molecule has 0 fully saturated rings. The maximum atomic E-state index is 4.99. The van der Waals surface area contributed by atoms with Gasteiger partial charge in [-0.2, -0.15) is 0 Å². The van der Waals surface area contributed by atoms with Crippen LogP contribution in [0.2, 0.25) is 0 Å². The van der Waals surface area contributed by atoms with E-state index < -0.39 is 0 Å². The fraction of sp³-hybridized carbons (Fsp3) is 0.333. The second-order valence-electron chi connectivity index (χ2n) is 3.99. The molecule has 0 amide bonds. The standard InChI is InChI=1S/C12H15N3S2/c1-9(13-11-14-15-12(16)17-11)7-8-10-5-3-2-4-6-10/h2-6,9H,7-8H2,1H3,(H,13,14)(H,15,16). The number of anilines is 1. The number of aromatic amines is 1. The molecule has 0 aliphatic rings. The predicted molar refractivity (Wildman–Crippen MR) is 75.1 cm³/mol. The Kier molecular flexibility index (Phi) is 4.28. The van der Waals surface area contributed by atoms with Crippen LogP contribution in [0.3, 0.4) is 0 Å². The van der Waals surface area contributed by atoms with Crippen molar-refractivity contribution in [3.8, 4) is 0 Å². The van der Waals surface area contributed by atoms with Crippen molar-refractivity contribution in [1.82, 2.24) is 10.2 Å². The van der Waals surface area contributed by atoms with Crippen LogP contribution in [0.25, 0.3) is 0 Å². The van der Waals surface area contributed by atoms with Gasteiger partial charge in [-0.3, -0.25) is 5.10 Å². The zero-order valence-corrected chi connectivity index (χ0v) is 11.3. The lowest BCUT2D eigenvalue weighted by Gasteiger charge is -2.12. The van der Waals surface area contributed by atoms with Gasteiger partial charge < -0.3 is 5.32 Å². The topological polar surface area (TPSA) is 40.7 Å². The number of hydrogen-bond acceptors (Lipinski definition) is 4. The summed E-state index contributed by atoms with van der Waals surface area (Å²) in [4.78, 5) is 0. The lowest BCUT2D eigenvalue weighted by molar-refractivity contribution is 0.704. The monoisotopic (exact) mass is 265 g/mol. The summed E-state index contributed by atoms with van der Waals surface area (Å²) >= 11 is 6.46. The Labute approximate surface area is 110 Å². The van der Waals surface area contributed by atoms with E-state index in [9.17, 15) is 0 Å². The van der Waals surface area contributed by atoms with Crippen LogP contribution < -0.4 is 5.32 Å². The first kappa shape index (κ1) is 12.3. The van der Waals surface area contributed by atoms with Gasteiger partial charge in [-0.1, -0.05) is 41.7 Å². The third kappa shape index (κ3) is 3.94. The molecule has 2 rings (SSSR count). The number of aromatic nitrogens is 2. The SMILES string of the molecule is CC(CCc1ccccc1)Nc1n[nH]c(=S)s1. The molecule has 0 aliphatic heterocycles. The van der Waals surface area contributed by atoms with Crippen molar-refractivity contribution in [2.75, 3.05) is 5.32 Å². The summed E-state index contributed by atoms with van der Waals surface area (Å²) in [6.07, 6.45) is 2.15. The van der Waals surface area contributed by atoms with Crippen molar-refractivity contribution in [2.24, 2.45) is 0 Å². The van der Waals surface area contributed by atoms with Gasteiger partial charge in [0.05, 0.1) is 0 Å². The summed E-state index contributed by atoms with van der Waals surface area (Å²) in [5.74, 6) is 0. The number of H-pyrrole nitrogens is 1. The fourth-order valence-corrected chi connectivity index (χ4v) is 2.50. The molecule has 0 saturated heterocycles. The number of aryl methyl sites for hydroxylation is 1. The molecule has 3 nitrogen and oxygen atoms in total. The van der Waals surface area contributed by atoms with Gasteiger partial charge in [-0.25, -0.2) is 0 Å². The van der Waals surface area contributed by atoms with Crippen LogP contribution in [-0.2, 0) is 6.42 Å². The summed E-state index contributed by atoms with van der Waals surface area (Å²) in [5.41, 5.74) is 1.37. The quantitative estimate of drug-likeness (QED) is 0.811. The highest BCUT2D eigenvalue weighted by molar-refractivity contribution is 7.73. The van der Waals surface area contributed by atoms with Crippen LogP contribution in [0.1, 0.15) is 18.9 Å². The lowest BCUT2D eigenvalue weighted by Crippen LogP contribution is -2.15. The number of nitrogens with one attached hydrogen (secondary N) is 2. The number of benzene rings is 1. The van der Waals surface area contributed by atoms with E-state index in [1.165, 1.54) is 16.9 Å². The molecule has 1 aromatic carbocycles. The van der Waals surface area contributed by atoms with Crippen LogP contribution in [0.15, 0.2) is 30.3 Å². The van der Waals surface area contributed by atoms with E-state index in [1.807, 2.05) is 6.07 Å². The first-order valence-corrected chi connectivity index (χ1v) is 6.82. The van der Waals surface area contributed by atoms with Crippen molar-refractivity contribution in [2.45, 2.75) is 25.8 Å². The molecule has 17 heavy (non-hydrogen) atoms. The van der Waals surface area contributed by atoms with Crippen LogP contribution in [0.4, 0.5) is 5.13 Å². The van der Waals surface area contributed by atoms with Gasteiger partial charge >= 0.3 is 0 Å². The van der Waals surface area contributed by atoms with Gasteiger partial charge in [-0.15, -0.1) is 5.10 Å². The second kappa shape index (κ2) is 5.93. The molecule has 90 valence electrons. The first-order chi connectivity index (χ1) is 8.24. The zero-order chi connectivity index (χ0) is 12.1. The molecule has 5 heteroatoms. The van der Waals surface area contributed by atoms with Crippen LogP contribution in [0.5, 0.6) is 0 Å². The molecule has 1 aromatic heterocycles. The summed E-state index contributed by atoms with van der Waals surface area (Å²) in [7, 11) is 0. The van der Waals surface area contributed by atoms with Gasteiger partial charge in [0.2, 0.25) is 5.13 Å². The molecule has 0 saturated carbocycles. The number of nitrogens with zero attached hydrogens (tertiary/aromatic N) is 1. The molecule has 0 bridgehead atoms. The second-order valence-corrected chi connectivity index (χ2v) is 5.65. The molecule has 1 heterocycles. The fourth-order valence-electron chi connectivity index (χ4n) is 1.60. The van der Waals surface area contributed by atoms with E-state index in [1.54, 1.807) is 0 Å². The van der Waals surface area contributed by atoms with E-state index in [4.69, 9.17) is 12.2 Å². The minimum Gasteiger partial charge on any atom is -0.358 e. The number of rotatable bonds is 5. The molecule has 0 spiro atoms. The van der Waals surface area contributed by atoms with Crippen molar-refractivity contribution < 1.29 is 0 Å². The van der Waals surface area contributed by atoms with Crippen molar-refractivity contribution in [3.05, 3.63) is 39.8 Å². The third-order valence-electron chi connectivity index (χ3n) is 2.52. The zero-order valence-electron chi connectivity index (χ0n) is 9.64. The van der Waals surface area contributed by atoms with E-state index in [2.05, 4.69) is 46.7 Å². The molecule has 1 atom stereocenters. The molecular weight excluding hydrogens is 250 g/mol. The molecule has 1 unspecified atom stereocenters. The van der Waals surface area contributed by atoms with Crippen LogP contribution in [0, 0.1) is 3.95 Å². The molecule has 2 N–H and O–H groups in total. The van der Waals surface area contributed by atoms with Crippen LogP contribution >= 0.6 is 23.6 Å². The summed E-state index contributed by atoms with van der Waals surface area (Å²) in [5, 5.41) is 11.1. The Hall–Kier alpha value is -1.20. The normalized spacial score (nSPS) is 12.3. The molecule has 0 radical (unpaired) electrons. The Morgan fingerprint density at radius 3 is 2.82 bits per heavy atom. The van der Waals surface area contributed by atoms with Gasteiger partial charge in [-0.05, 0) is 37.5 Å². The largest absolute Gasteiger partial charge is 0.358 e. The maximum absolute atomic E-state index is 4.99. The van der Waals surface area contributed by atoms with E-state index >= 15 is 0 Å². The molecule has 2 aromatic rings. The average Bonchev–Trinajstić information content (AvgIpc) is 2.73. The Bertz CT molecular complexity index is 504. The van der Waals surface area contributed by atoms with Crippen molar-refractivity contribution >= 4 is 28.7 Å². The van der Waals surface area contributed by atoms with Crippen molar-refractivity contribution in [3.63, 3.8) is 0 Å². The Morgan fingerprint density at radius 1 is 1.41 bits per heavy atom. The smallest absolute Gasteiger partial charge is 0.204 e. The predicted octanol–water partition coefficient (Wildman–Crippen LogP) is 3.63. The van der Waals surface area contributed by atoms with Gasteiger partial charge in [0.15, 0.2) is 3.95 Å². The lowest BCUT2D eigenvalue weighted by atomic mass is 10.1. The van der Waals surface area contributed by atoms with Gasteiger partial charge in [0.25, 0.3) is 0 Å². The average molecular weight is 265 g/mol. The van der Waals surface area contributed by atoms with Gasteiger partial charge in [0.1, 0.15) is 0 Å². The third-order valence-corrected chi connectivity index (χ3v) is 3.54. The van der Waals surface area contributed by atoms with E-state index in [-0.39, 0.29) is 0 Å². The summed E-state index contributed by atoms with van der Waals surface area (Å²) in [6, 6.07) is 10.9. The molecule has 0 aliphatic carbocycles. The highest BCUT2D eigenvalue weighted by atomic mass is 32.1. The molecular formula is C12H15N3S2. The van der Waals surface area contributed by atoms with E-state index in [0.717, 1.165) is 18.0 Å². The van der Waals surface area contributed by atoms with Crippen molar-refractivity contribution in [1.29, 1.82) is 0 Å². The van der Waals surface area contributed by atoms with Crippen LogP contribution in [-0.4, -0.2) is 16.2 Å². The number of hydrogen-bond donors (Lipinski definition) is 2. The maximum Gasteiger partial charge on any atom is 0.204 e. The van der Waals surface area contributed by atoms with Gasteiger partial charge in [0, 0.05) is 6.04 Å². The minimum atomic E-state index is 0.393. The highest BCUT2D eigenvalue weighted by Crippen LogP contribution is 2.14. The minimum absolute atomic E-state index is 0.393. The highest BCUT2D eigenvalue weighted by Gasteiger charge is 2.04. The summed E-state index contributed by atoms with van der Waals surface area (Å²) in [6.45, 7) is 2.16. The first-order valence-electron chi connectivity index (χ1n) is 5.60. The summed E-state index contributed by atoms with van der Waals surface area (Å²) < 4.78 is 0.711.